The molecule has 2 rings (SSSR count). The van der Waals surface area contributed by atoms with E-state index in [-0.39, 0.29) is 0 Å². The Hall–Kier alpha value is -1.39. The minimum Gasteiger partial charge on any atom is -0.480 e. The first-order valence-electron chi connectivity index (χ1n) is 7.47. The standard InChI is InChI=1S/C16H24N2O2/c1-3-12-5-7-13(8-6-12)11-15(16(19)20)18(4-2)17-14-9-10-14/h5-8,14-15,17H,3-4,9-11H2,1-2H3,(H,19,20)/t15-/m0/s1. The molecule has 0 aliphatic heterocycles. The minimum absolute atomic E-state index is 0.472. The molecule has 110 valence electrons. The number of carboxylic acids is 1. The minimum atomic E-state index is -0.764. The van der Waals surface area contributed by atoms with Crippen LogP contribution in [0.3, 0.4) is 0 Å². The van der Waals surface area contributed by atoms with Crippen molar-refractivity contribution < 1.29 is 9.90 Å². The molecule has 0 unspecified atom stereocenters. The number of carbonyl (C=O) groups is 1. The van der Waals surface area contributed by atoms with Crippen LogP contribution in [-0.4, -0.2) is 34.7 Å². The Labute approximate surface area is 120 Å². The van der Waals surface area contributed by atoms with Gasteiger partial charge >= 0.3 is 5.97 Å². The number of nitrogens with one attached hydrogen (secondary N) is 1. The molecule has 0 radical (unpaired) electrons. The van der Waals surface area contributed by atoms with Gasteiger partial charge in [0.15, 0.2) is 0 Å². The fraction of sp³-hybridized carbons (Fsp3) is 0.562. The number of likely N-dealkylation sites (N-methyl/N-ethyl adjacent to an activating group) is 1. The highest BCUT2D eigenvalue weighted by molar-refractivity contribution is 5.73. The van der Waals surface area contributed by atoms with Crippen LogP contribution in [0.2, 0.25) is 0 Å². The Kier molecular flexibility index (Phi) is 5.15. The van der Waals surface area contributed by atoms with E-state index in [4.69, 9.17) is 0 Å². The smallest absolute Gasteiger partial charge is 0.322 e. The predicted octanol–water partition coefficient (Wildman–Crippen LogP) is 2.23. The Morgan fingerprint density at radius 2 is 1.90 bits per heavy atom. The van der Waals surface area contributed by atoms with E-state index in [1.54, 1.807) is 0 Å². The molecule has 0 spiro atoms. The maximum Gasteiger partial charge on any atom is 0.322 e. The van der Waals surface area contributed by atoms with Crippen molar-refractivity contribution in [2.75, 3.05) is 6.54 Å². The lowest BCUT2D eigenvalue weighted by atomic mass is 10.0. The van der Waals surface area contributed by atoms with E-state index in [0.717, 1.165) is 24.8 Å². The van der Waals surface area contributed by atoms with Gasteiger partial charge in [-0.2, -0.15) is 0 Å². The number of aryl methyl sites for hydroxylation is 1. The molecule has 1 fully saturated rings. The molecule has 1 aromatic carbocycles. The van der Waals surface area contributed by atoms with Crippen molar-refractivity contribution in [3.8, 4) is 0 Å². The third kappa shape index (κ3) is 4.05. The number of carboxylic acid groups (broad SMARTS) is 1. The number of hydrogen-bond donors (Lipinski definition) is 2. The van der Waals surface area contributed by atoms with E-state index >= 15 is 0 Å². The molecule has 0 saturated heterocycles. The van der Waals surface area contributed by atoms with Gasteiger partial charge in [0, 0.05) is 12.6 Å². The second-order valence-electron chi connectivity index (χ2n) is 5.42. The second-order valence-corrected chi connectivity index (χ2v) is 5.42. The molecule has 0 heterocycles. The monoisotopic (exact) mass is 276 g/mol. The summed E-state index contributed by atoms with van der Waals surface area (Å²) in [5.74, 6) is -0.764. The van der Waals surface area contributed by atoms with Crippen molar-refractivity contribution in [3.05, 3.63) is 35.4 Å². The molecule has 1 saturated carbocycles. The van der Waals surface area contributed by atoms with Gasteiger partial charge < -0.3 is 5.11 Å². The van der Waals surface area contributed by atoms with Crippen molar-refractivity contribution in [1.29, 1.82) is 0 Å². The summed E-state index contributed by atoms with van der Waals surface area (Å²) in [5, 5.41) is 11.4. The van der Waals surface area contributed by atoms with Crippen molar-refractivity contribution in [3.63, 3.8) is 0 Å². The SMILES string of the molecule is CCc1ccc(C[C@@H](C(=O)O)N(CC)NC2CC2)cc1. The van der Waals surface area contributed by atoms with Gasteiger partial charge in [0.2, 0.25) is 0 Å². The summed E-state index contributed by atoms with van der Waals surface area (Å²) in [4.78, 5) is 11.5. The van der Waals surface area contributed by atoms with Crippen LogP contribution in [-0.2, 0) is 17.6 Å². The second kappa shape index (κ2) is 6.86. The van der Waals surface area contributed by atoms with Crippen LogP contribution in [0.4, 0.5) is 0 Å². The van der Waals surface area contributed by atoms with Crippen LogP contribution in [0.15, 0.2) is 24.3 Å². The van der Waals surface area contributed by atoms with Crippen LogP contribution in [0, 0.1) is 0 Å². The quantitative estimate of drug-likeness (QED) is 0.715. The lowest BCUT2D eigenvalue weighted by molar-refractivity contribution is -0.144. The van der Waals surface area contributed by atoms with E-state index < -0.39 is 12.0 Å². The van der Waals surface area contributed by atoms with Gasteiger partial charge in [-0.3, -0.25) is 10.2 Å². The van der Waals surface area contributed by atoms with E-state index in [1.165, 1.54) is 5.56 Å². The molecule has 0 amide bonds. The molecule has 0 bridgehead atoms. The van der Waals surface area contributed by atoms with Crippen LogP contribution in [0.25, 0.3) is 0 Å². The van der Waals surface area contributed by atoms with Crippen LogP contribution < -0.4 is 5.43 Å². The fourth-order valence-electron chi connectivity index (χ4n) is 2.31. The average Bonchev–Trinajstić information content (AvgIpc) is 3.27. The van der Waals surface area contributed by atoms with Gasteiger partial charge in [-0.25, -0.2) is 5.01 Å². The van der Waals surface area contributed by atoms with Crippen molar-refractivity contribution in [1.82, 2.24) is 10.4 Å². The third-order valence-electron chi connectivity index (χ3n) is 3.79. The van der Waals surface area contributed by atoms with Gasteiger partial charge in [-0.15, -0.1) is 0 Å². The van der Waals surface area contributed by atoms with Gasteiger partial charge in [0.05, 0.1) is 0 Å². The average molecular weight is 276 g/mol. The Bertz CT molecular complexity index is 440. The van der Waals surface area contributed by atoms with Gasteiger partial charge in [-0.1, -0.05) is 38.1 Å². The maximum absolute atomic E-state index is 11.5. The molecule has 20 heavy (non-hydrogen) atoms. The molecule has 0 aromatic heterocycles. The van der Waals surface area contributed by atoms with Crippen molar-refractivity contribution >= 4 is 5.97 Å². The molecule has 2 N–H and O–H groups in total. The van der Waals surface area contributed by atoms with Gasteiger partial charge in [-0.05, 0) is 36.8 Å². The number of rotatable bonds is 8. The summed E-state index contributed by atoms with van der Waals surface area (Å²) >= 11 is 0. The molecule has 4 heteroatoms. The molecule has 1 aliphatic carbocycles. The van der Waals surface area contributed by atoms with Gasteiger partial charge in [0.25, 0.3) is 0 Å². The van der Waals surface area contributed by atoms with E-state index in [9.17, 15) is 9.90 Å². The fourth-order valence-corrected chi connectivity index (χ4v) is 2.31. The summed E-state index contributed by atoms with van der Waals surface area (Å²) in [6.45, 7) is 4.81. The Morgan fingerprint density at radius 3 is 2.35 bits per heavy atom. The summed E-state index contributed by atoms with van der Waals surface area (Å²) in [7, 11) is 0. The van der Waals surface area contributed by atoms with Crippen molar-refractivity contribution in [2.24, 2.45) is 0 Å². The van der Waals surface area contributed by atoms with E-state index in [0.29, 0.717) is 19.0 Å². The van der Waals surface area contributed by atoms with Crippen LogP contribution >= 0.6 is 0 Å². The summed E-state index contributed by atoms with van der Waals surface area (Å²) in [6.07, 6.45) is 3.84. The van der Waals surface area contributed by atoms with Gasteiger partial charge in [0.1, 0.15) is 6.04 Å². The highest BCUT2D eigenvalue weighted by Crippen LogP contribution is 2.20. The van der Waals surface area contributed by atoms with Crippen molar-refractivity contribution in [2.45, 2.75) is 51.6 Å². The highest BCUT2D eigenvalue weighted by atomic mass is 16.4. The maximum atomic E-state index is 11.5. The zero-order valence-electron chi connectivity index (χ0n) is 12.3. The topological polar surface area (TPSA) is 52.6 Å². The highest BCUT2D eigenvalue weighted by Gasteiger charge is 2.30. The van der Waals surface area contributed by atoms with Crippen LogP contribution in [0.1, 0.15) is 37.8 Å². The zero-order valence-corrected chi connectivity index (χ0v) is 12.3. The largest absolute Gasteiger partial charge is 0.480 e. The summed E-state index contributed by atoms with van der Waals surface area (Å²) in [6, 6.07) is 8.21. The number of hydrogen-bond acceptors (Lipinski definition) is 3. The lowest BCUT2D eigenvalue weighted by Gasteiger charge is -2.28. The van der Waals surface area contributed by atoms with E-state index in [2.05, 4.69) is 24.5 Å². The Morgan fingerprint density at radius 1 is 1.30 bits per heavy atom. The number of benzene rings is 1. The van der Waals surface area contributed by atoms with E-state index in [1.807, 2.05) is 24.1 Å². The Balaban J connectivity index is 2.04. The predicted molar refractivity (Wildman–Crippen MR) is 79.5 cm³/mol. The molecular weight excluding hydrogens is 252 g/mol. The molecule has 1 aromatic rings. The zero-order chi connectivity index (χ0) is 14.5. The lowest BCUT2D eigenvalue weighted by Crippen LogP contribution is -2.51. The normalized spacial score (nSPS) is 16.4. The molecular formula is C16H24N2O2. The first-order valence-corrected chi connectivity index (χ1v) is 7.47. The first-order chi connectivity index (χ1) is 9.63. The molecule has 4 nitrogen and oxygen atoms in total. The summed E-state index contributed by atoms with van der Waals surface area (Å²) in [5.41, 5.74) is 5.67. The first kappa shape index (κ1) is 15.0. The molecule has 1 atom stereocenters. The number of hydrazine groups is 1. The molecule has 1 aliphatic rings. The number of nitrogens with zero attached hydrogens (tertiary/aromatic N) is 1. The third-order valence-corrected chi connectivity index (χ3v) is 3.79. The van der Waals surface area contributed by atoms with Crippen LogP contribution in [0.5, 0.6) is 0 Å². The number of aliphatic carboxylic acids is 1. The summed E-state index contributed by atoms with van der Waals surface area (Å²) < 4.78 is 0.